The Labute approximate surface area is 179 Å². The van der Waals surface area contributed by atoms with Gasteiger partial charge in [0.25, 0.3) is 0 Å². The molecule has 8 nitrogen and oxygen atoms in total. The Balaban J connectivity index is 1.57. The maximum absolute atomic E-state index is 12.8. The van der Waals surface area contributed by atoms with Gasteiger partial charge in [-0.2, -0.15) is 0 Å². The van der Waals surface area contributed by atoms with E-state index < -0.39 is 5.97 Å². The van der Waals surface area contributed by atoms with Crippen molar-refractivity contribution in [2.75, 3.05) is 37.4 Å². The highest BCUT2D eigenvalue weighted by atomic mass is 32.1. The van der Waals surface area contributed by atoms with Crippen LogP contribution < -0.4 is 10.6 Å². The van der Waals surface area contributed by atoms with Gasteiger partial charge < -0.3 is 15.4 Å². The third kappa shape index (κ3) is 5.43. The molecule has 3 rings (SSSR count). The summed E-state index contributed by atoms with van der Waals surface area (Å²) in [6.07, 6.45) is 1.55. The SMILES string of the molecule is COC(=O)c1ccccc1NC(=O)C1CCCN(CC(=O)Nc2nc(C)c(C)s2)C1. The van der Waals surface area contributed by atoms with Crippen LogP contribution in [-0.4, -0.2) is 54.4 Å². The number of likely N-dealkylation sites (tertiary alicyclic amines) is 1. The predicted molar refractivity (Wildman–Crippen MR) is 116 cm³/mol. The number of piperidine rings is 1. The molecule has 0 bridgehead atoms. The average molecular weight is 431 g/mol. The van der Waals surface area contributed by atoms with Crippen molar-refractivity contribution in [3.8, 4) is 0 Å². The number of nitrogens with zero attached hydrogens (tertiary/aromatic N) is 2. The van der Waals surface area contributed by atoms with Gasteiger partial charge in [-0.3, -0.25) is 14.5 Å². The molecule has 0 saturated carbocycles. The molecule has 1 aromatic carbocycles. The Bertz CT molecular complexity index is 923. The molecule has 1 saturated heterocycles. The third-order valence-electron chi connectivity index (χ3n) is 5.11. The molecule has 9 heteroatoms. The third-order valence-corrected chi connectivity index (χ3v) is 6.10. The molecule has 2 heterocycles. The lowest BCUT2D eigenvalue weighted by Crippen LogP contribution is -2.44. The van der Waals surface area contributed by atoms with E-state index in [-0.39, 0.29) is 24.3 Å². The first-order valence-electron chi connectivity index (χ1n) is 9.81. The van der Waals surface area contributed by atoms with Crippen molar-refractivity contribution in [3.63, 3.8) is 0 Å². The number of rotatable bonds is 6. The Hall–Kier alpha value is -2.78. The number of benzene rings is 1. The van der Waals surface area contributed by atoms with Crippen LogP contribution in [0.5, 0.6) is 0 Å². The van der Waals surface area contributed by atoms with E-state index in [0.29, 0.717) is 22.9 Å². The molecule has 1 aliphatic heterocycles. The van der Waals surface area contributed by atoms with Gasteiger partial charge in [0.1, 0.15) is 0 Å². The Morgan fingerprint density at radius 2 is 2.00 bits per heavy atom. The van der Waals surface area contributed by atoms with Crippen molar-refractivity contribution in [3.05, 3.63) is 40.4 Å². The largest absolute Gasteiger partial charge is 0.465 e. The highest BCUT2D eigenvalue weighted by molar-refractivity contribution is 7.15. The second kappa shape index (κ2) is 9.82. The van der Waals surface area contributed by atoms with Gasteiger partial charge in [-0.15, -0.1) is 11.3 Å². The zero-order valence-electron chi connectivity index (χ0n) is 17.4. The highest BCUT2D eigenvalue weighted by Crippen LogP contribution is 2.23. The van der Waals surface area contributed by atoms with E-state index in [0.717, 1.165) is 30.0 Å². The quantitative estimate of drug-likeness (QED) is 0.684. The van der Waals surface area contributed by atoms with Crippen molar-refractivity contribution >= 4 is 39.9 Å². The topological polar surface area (TPSA) is 101 Å². The van der Waals surface area contributed by atoms with Crippen LogP contribution in [0, 0.1) is 19.8 Å². The van der Waals surface area contributed by atoms with Crippen LogP contribution in [0.25, 0.3) is 0 Å². The van der Waals surface area contributed by atoms with Crippen LogP contribution in [0.1, 0.15) is 33.8 Å². The van der Waals surface area contributed by atoms with Crippen molar-refractivity contribution in [1.82, 2.24) is 9.88 Å². The number of carbonyl (C=O) groups is 3. The number of esters is 1. The smallest absolute Gasteiger partial charge is 0.339 e. The molecular weight excluding hydrogens is 404 g/mol. The zero-order valence-corrected chi connectivity index (χ0v) is 18.2. The second-order valence-corrected chi connectivity index (χ2v) is 8.51. The number of hydrogen-bond donors (Lipinski definition) is 2. The van der Waals surface area contributed by atoms with Crippen molar-refractivity contribution in [2.24, 2.45) is 5.92 Å². The van der Waals surface area contributed by atoms with Gasteiger partial charge in [0.05, 0.1) is 36.5 Å². The van der Waals surface area contributed by atoms with Crippen LogP contribution >= 0.6 is 11.3 Å². The molecule has 30 heavy (non-hydrogen) atoms. The molecule has 1 unspecified atom stereocenters. The normalized spacial score (nSPS) is 16.7. The first kappa shape index (κ1) is 21.9. The molecule has 160 valence electrons. The maximum Gasteiger partial charge on any atom is 0.339 e. The minimum absolute atomic E-state index is 0.138. The van der Waals surface area contributed by atoms with E-state index in [1.54, 1.807) is 24.3 Å². The summed E-state index contributed by atoms with van der Waals surface area (Å²) in [6, 6.07) is 6.76. The second-order valence-electron chi connectivity index (χ2n) is 7.31. The van der Waals surface area contributed by atoms with Crippen LogP contribution in [0.4, 0.5) is 10.8 Å². The van der Waals surface area contributed by atoms with Gasteiger partial charge in [-0.25, -0.2) is 9.78 Å². The number of methoxy groups -OCH3 is 1. The van der Waals surface area contributed by atoms with E-state index in [1.165, 1.54) is 18.4 Å². The van der Waals surface area contributed by atoms with E-state index in [2.05, 4.69) is 15.6 Å². The van der Waals surface area contributed by atoms with Gasteiger partial charge in [0, 0.05) is 11.4 Å². The number of aromatic nitrogens is 1. The van der Waals surface area contributed by atoms with Crippen LogP contribution in [0.15, 0.2) is 24.3 Å². The Kier molecular flexibility index (Phi) is 7.17. The summed E-state index contributed by atoms with van der Waals surface area (Å²) < 4.78 is 4.78. The van der Waals surface area contributed by atoms with Gasteiger partial charge in [-0.1, -0.05) is 12.1 Å². The van der Waals surface area contributed by atoms with Gasteiger partial charge in [-0.05, 0) is 45.4 Å². The monoisotopic (exact) mass is 430 g/mol. The summed E-state index contributed by atoms with van der Waals surface area (Å²) in [6.45, 7) is 5.32. The standard InChI is InChI=1S/C21H26N4O4S/c1-13-14(2)30-21(22-13)24-18(26)12-25-10-6-7-15(11-25)19(27)23-17-9-5-4-8-16(17)20(28)29-3/h4-5,8-9,15H,6-7,10-12H2,1-3H3,(H,23,27)(H,22,24,26). The first-order chi connectivity index (χ1) is 14.4. The summed E-state index contributed by atoms with van der Waals surface area (Å²) in [5.41, 5.74) is 1.66. The first-order valence-corrected chi connectivity index (χ1v) is 10.6. The molecule has 1 aromatic heterocycles. The fourth-order valence-electron chi connectivity index (χ4n) is 3.42. The average Bonchev–Trinajstić information content (AvgIpc) is 3.04. The Morgan fingerprint density at radius 1 is 1.23 bits per heavy atom. The highest BCUT2D eigenvalue weighted by Gasteiger charge is 2.28. The van der Waals surface area contributed by atoms with Crippen molar-refractivity contribution in [2.45, 2.75) is 26.7 Å². The number of ether oxygens (including phenoxy) is 1. The minimum atomic E-state index is -0.500. The van der Waals surface area contributed by atoms with Crippen molar-refractivity contribution in [1.29, 1.82) is 0 Å². The number of anilines is 2. The Morgan fingerprint density at radius 3 is 2.70 bits per heavy atom. The molecule has 2 N–H and O–H groups in total. The van der Waals surface area contributed by atoms with Gasteiger partial charge in [0.15, 0.2) is 5.13 Å². The number of carbonyl (C=O) groups excluding carboxylic acids is 3. The van der Waals surface area contributed by atoms with Crippen LogP contribution in [0.2, 0.25) is 0 Å². The summed E-state index contributed by atoms with van der Waals surface area (Å²) in [5.74, 6) is -1.06. The summed E-state index contributed by atoms with van der Waals surface area (Å²) in [7, 11) is 1.30. The predicted octanol–water partition coefficient (Wildman–Crippen LogP) is 2.84. The lowest BCUT2D eigenvalue weighted by molar-refractivity contribution is -0.123. The summed E-state index contributed by atoms with van der Waals surface area (Å²) in [5, 5.41) is 6.28. The minimum Gasteiger partial charge on any atom is -0.465 e. The lowest BCUT2D eigenvalue weighted by atomic mass is 9.96. The molecule has 1 atom stereocenters. The molecule has 0 radical (unpaired) electrons. The maximum atomic E-state index is 12.8. The number of amides is 2. The fourth-order valence-corrected chi connectivity index (χ4v) is 4.25. The number of thiazole rings is 1. The van der Waals surface area contributed by atoms with E-state index in [4.69, 9.17) is 4.74 Å². The van der Waals surface area contributed by atoms with Gasteiger partial charge >= 0.3 is 5.97 Å². The van der Waals surface area contributed by atoms with Crippen LogP contribution in [-0.2, 0) is 14.3 Å². The van der Waals surface area contributed by atoms with Crippen molar-refractivity contribution < 1.29 is 19.1 Å². The molecule has 2 aromatic rings. The van der Waals surface area contributed by atoms with E-state index >= 15 is 0 Å². The molecular formula is C21H26N4O4S. The number of para-hydroxylation sites is 1. The number of aryl methyl sites for hydroxylation is 2. The fraction of sp³-hybridized carbons (Fsp3) is 0.429. The zero-order chi connectivity index (χ0) is 21.7. The molecule has 2 amide bonds. The molecule has 1 aliphatic rings. The lowest BCUT2D eigenvalue weighted by Gasteiger charge is -2.31. The molecule has 0 spiro atoms. The molecule has 1 fully saturated rings. The number of nitrogens with one attached hydrogen (secondary N) is 2. The molecule has 0 aliphatic carbocycles. The van der Waals surface area contributed by atoms with E-state index in [9.17, 15) is 14.4 Å². The van der Waals surface area contributed by atoms with E-state index in [1.807, 2.05) is 18.7 Å². The number of hydrogen-bond acceptors (Lipinski definition) is 7. The summed E-state index contributed by atoms with van der Waals surface area (Å²) in [4.78, 5) is 44.5. The van der Waals surface area contributed by atoms with Crippen LogP contribution in [0.3, 0.4) is 0 Å². The summed E-state index contributed by atoms with van der Waals surface area (Å²) >= 11 is 1.45. The van der Waals surface area contributed by atoms with Gasteiger partial charge in [0.2, 0.25) is 11.8 Å².